The molecule has 3 aliphatic rings. The second-order valence-electron chi connectivity index (χ2n) is 12.1. The average Bonchev–Trinajstić information content (AvgIpc) is 2.89. The van der Waals surface area contributed by atoms with Crippen molar-refractivity contribution in [1.29, 1.82) is 0 Å². The van der Waals surface area contributed by atoms with Gasteiger partial charge in [-0.05, 0) is 77.0 Å². The van der Waals surface area contributed by atoms with Gasteiger partial charge in [0.05, 0.1) is 0 Å². The Morgan fingerprint density at radius 2 is 0.944 bits per heavy atom. The number of carbonyl (C=O) groups is 1. The van der Waals surface area contributed by atoms with Crippen molar-refractivity contribution < 1.29 is 9.90 Å². The molecular formula is C34H56O2. The van der Waals surface area contributed by atoms with Crippen molar-refractivity contribution in [2.75, 3.05) is 0 Å². The van der Waals surface area contributed by atoms with Gasteiger partial charge in [-0.15, -0.1) is 0 Å². The fourth-order valence-electron chi connectivity index (χ4n) is 7.27. The molecule has 1 atom stereocenters. The lowest BCUT2D eigenvalue weighted by Crippen LogP contribution is -2.42. The number of carboxylic acid groups (broad SMARTS) is 1. The number of carboxylic acids is 1. The number of hydrogen-bond acceptors (Lipinski definition) is 1. The van der Waals surface area contributed by atoms with Crippen molar-refractivity contribution in [3.63, 3.8) is 0 Å². The lowest BCUT2D eigenvalue weighted by atomic mass is 9.60. The first-order valence-electron chi connectivity index (χ1n) is 16.0. The van der Waals surface area contributed by atoms with Crippen molar-refractivity contribution in [3.05, 3.63) is 34.9 Å². The molecular weight excluding hydrogens is 440 g/mol. The van der Waals surface area contributed by atoms with Crippen LogP contribution in [0.2, 0.25) is 0 Å². The van der Waals surface area contributed by atoms with Crippen LogP contribution >= 0.6 is 0 Å². The lowest BCUT2D eigenvalue weighted by molar-refractivity contribution is -0.146. The molecule has 0 saturated heterocycles. The maximum atomic E-state index is 13.8. The van der Waals surface area contributed by atoms with E-state index in [0.717, 1.165) is 51.4 Å². The van der Waals surface area contributed by atoms with Gasteiger partial charge in [-0.25, -0.2) is 0 Å². The van der Waals surface area contributed by atoms with Crippen LogP contribution in [0.3, 0.4) is 0 Å². The van der Waals surface area contributed by atoms with Crippen molar-refractivity contribution >= 4 is 5.97 Å². The quantitative estimate of drug-likeness (QED) is 0.384. The first-order valence-corrected chi connectivity index (χ1v) is 16.0. The maximum Gasteiger partial charge on any atom is 0.318 e. The number of hydrogen-bond donors (Lipinski definition) is 1. The van der Waals surface area contributed by atoms with Crippen LogP contribution in [0.1, 0.15) is 161 Å². The Morgan fingerprint density at radius 3 is 1.39 bits per heavy atom. The fraction of sp³-hybridized carbons (Fsp3) is 0.794. The molecule has 0 spiro atoms. The van der Waals surface area contributed by atoms with Crippen LogP contribution in [-0.2, 0) is 4.79 Å². The van der Waals surface area contributed by atoms with E-state index < -0.39 is 11.4 Å². The van der Waals surface area contributed by atoms with Crippen LogP contribution in [0.15, 0.2) is 34.9 Å². The Hall–Kier alpha value is -1.31. The molecule has 204 valence electrons. The monoisotopic (exact) mass is 496 g/mol. The molecule has 0 aromatic heterocycles. The molecule has 0 heterocycles. The second kappa shape index (κ2) is 16.5. The summed E-state index contributed by atoms with van der Waals surface area (Å²) in [6.45, 7) is 2.30. The van der Waals surface area contributed by atoms with E-state index in [2.05, 4.69) is 25.2 Å². The van der Waals surface area contributed by atoms with Gasteiger partial charge in [-0.2, -0.15) is 0 Å². The molecule has 0 aromatic rings. The molecule has 1 N–H and O–H groups in total. The highest BCUT2D eigenvalue weighted by Crippen LogP contribution is 2.51. The summed E-state index contributed by atoms with van der Waals surface area (Å²) in [5, 5.41) is 11.3. The maximum absolute atomic E-state index is 13.8. The molecule has 0 aromatic carbocycles. The Kier molecular flexibility index (Phi) is 13.4. The third-order valence-electron chi connectivity index (χ3n) is 9.46. The minimum atomic E-state index is -0.853. The SMILES string of the molecule is CC(/C1=C/CCCCCCCC1)C(C(=O)O)(/C1=C/CCCCCCCC1)/C1=C/CCCCCCCC1. The summed E-state index contributed by atoms with van der Waals surface area (Å²) >= 11 is 0. The normalized spacial score (nSPS) is 28.2. The fourth-order valence-corrected chi connectivity index (χ4v) is 7.27. The zero-order valence-electron chi connectivity index (χ0n) is 23.6. The van der Waals surface area contributed by atoms with Gasteiger partial charge in [0.15, 0.2) is 0 Å². The highest BCUT2D eigenvalue weighted by atomic mass is 16.4. The van der Waals surface area contributed by atoms with Crippen LogP contribution in [0.4, 0.5) is 0 Å². The van der Waals surface area contributed by atoms with Gasteiger partial charge < -0.3 is 5.11 Å². The molecule has 0 saturated carbocycles. The van der Waals surface area contributed by atoms with Crippen LogP contribution in [-0.4, -0.2) is 11.1 Å². The van der Waals surface area contributed by atoms with Crippen LogP contribution in [0, 0.1) is 11.3 Å². The molecule has 1 unspecified atom stereocenters. The van der Waals surface area contributed by atoms with Gasteiger partial charge in [-0.1, -0.05) is 119 Å². The molecule has 36 heavy (non-hydrogen) atoms. The van der Waals surface area contributed by atoms with E-state index in [0.29, 0.717) is 0 Å². The van der Waals surface area contributed by atoms with Crippen LogP contribution in [0.25, 0.3) is 0 Å². The van der Waals surface area contributed by atoms with Crippen molar-refractivity contribution in [1.82, 2.24) is 0 Å². The summed E-state index contributed by atoms with van der Waals surface area (Å²) in [7, 11) is 0. The van der Waals surface area contributed by atoms with Crippen molar-refractivity contribution in [2.45, 2.75) is 161 Å². The molecule has 3 aliphatic carbocycles. The first-order chi connectivity index (χ1) is 17.7. The Labute approximate surface area is 223 Å². The minimum absolute atomic E-state index is 0.0396. The van der Waals surface area contributed by atoms with Gasteiger partial charge in [0.2, 0.25) is 0 Å². The second-order valence-corrected chi connectivity index (χ2v) is 12.1. The van der Waals surface area contributed by atoms with E-state index >= 15 is 0 Å². The number of rotatable bonds is 5. The standard InChI is InChI=1S/C34H56O2/c1-29(30-23-17-11-5-2-6-12-18-24-30)34(33(35)36,31-25-19-13-7-3-8-14-20-26-31)32-27-21-15-9-4-10-16-22-28-32/h23,25,27,29H,2-22,24,26,28H2,1H3,(H,35,36)/b30-23+,31-25+,32-27+. The largest absolute Gasteiger partial charge is 0.480 e. The van der Waals surface area contributed by atoms with Gasteiger partial charge in [0.1, 0.15) is 5.41 Å². The summed E-state index contributed by atoms with van der Waals surface area (Å²) < 4.78 is 0. The smallest absolute Gasteiger partial charge is 0.318 e. The van der Waals surface area contributed by atoms with E-state index in [1.165, 1.54) is 119 Å². The van der Waals surface area contributed by atoms with E-state index in [-0.39, 0.29) is 5.92 Å². The van der Waals surface area contributed by atoms with Crippen LogP contribution < -0.4 is 0 Å². The van der Waals surface area contributed by atoms with Crippen molar-refractivity contribution in [3.8, 4) is 0 Å². The molecule has 2 heteroatoms. The molecule has 0 aliphatic heterocycles. The zero-order chi connectivity index (χ0) is 25.5. The van der Waals surface area contributed by atoms with E-state index in [9.17, 15) is 9.90 Å². The third-order valence-corrected chi connectivity index (χ3v) is 9.46. The summed E-state index contributed by atoms with van der Waals surface area (Å²) in [5.41, 5.74) is 3.10. The predicted molar refractivity (Wildman–Crippen MR) is 154 cm³/mol. The van der Waals surface area contributed by atoms with E-state index in [1.54, 1.807) is 0 Å². The summed E-state index contributed by atoms with van der Waals surface area (Å²) in [5.74, 6) is -0.530. The highest BCUT2D eigenvalue weighted by molar-refractivity contribution is 5.84. The van der Waals surface area contributed by atoms with E-state index in [1.807, 2.05) is 0 Å². The van der Waals surface area contributed by atoms with Crippen LogP contribution in [0.5, 0.6) is 0 Å². The predicted octanol–water partition coefficient (Wildman–Crippen LogP) is 10.9. The minimum Gasteiger partial charge on any atom is -0.480 e. The molecule has 3 rings (SSSR count). The summed E-state index contributed by atoms with van der Waals surface area (Å²) in [6.07, 6.45) is 36.3. The molecule has 0 bridgehead atoms. The molecule has 0 amide bonds. The van der Waals surface area contributed by atoms with Gasteiger partial charge in [-0.3, -0.25) is 4.79 Å². The van der Waals surface area contributed by atoms with Gasteiger partial charge in [0.25, 0.3) is 0 Å². The summed E-state index contributed by atoms with van der Waals surface area (Å²) in [6, 6.07) is 0. The number of aliphatic carboxylic acids is 1. The third kappa shape index (κ3) is 8.35. The zero-order valence-corrected chi connectivity index (χ0v) is 23.6. The van der Waals surface area contributed by atoms with Gasteiger partial charge in [0, 0.05) is 5.92 Å². The summed E-state index contributed by atoms with van der Waals surface area (Å²) in [4.78, 5) is 13.8. The van der Waals surface area contributed by atoms with E-state index in [4.69, 9.17) is 0 Å². The molecule has 0 fully saturated rings. The first kappa shape index (κ1) is 29.2. The van der Waals surface area contributed by atoms with Crippen molar-refractivity contribution in [2.24, 2.45) is 11.3 Å². The Balaban J connectivity index is 2.09. The Bertz CT molecular complexity index is 706. The Morgan fingerprint density at radius 1 is 0.583 bits per heavy atom. The highest BCUT2D eigenvalue weighted by Gasteiger charge is 2.50. The molecule has 2 nitrogen and oxygen atoms in total. The van der Waals surface area contributed by atoms with Gasteiger partial charge >= 0.3 is 5.97 Å². The number of allylic oxidation sites excluding steroid dienone is 4. The molecule has 0 radical (unpaired) electrons. The lowest BCUT2D eigenvalue weighted by Gasteiger charge is -2.42. The topological polar surface area (TPSA) is 37.3 Å². The average molecular weight is 497 g/mol.